The van der Waals surface area contributed by atoms with Crippen molar-refractivity contribution in [2.45, 2.75) is 6.17 Å². The smallest absolute Gasteiger partial charge is 0.280 e. The fraction of sp³-hybridized carbons (Fsp3) is 0.0625. The summed E-state index contributed by atoms with van der Waals surface area (Å²) < 4.78 is 0. The number of nitro benzene ring substituents is 1. The Hall–Kier alpha value is -3.11. The Bertz CT molecular complexity index is 1090. The van der Waals surface area contributed by atoms with E-state index in [1.165, 1.54) is 16.4 Å². The van der Waals surface area contributed by atoms with E-state index in [1.54, 1.807) is 30.3 Å². The second-order valence-electron chi connectivity index (χ2n) is 5.52. The van der Waals surface area contributed by atoms with Crippen molar-refractivity contribution in [1.29, 1.82) is 5.41 Å². The minimum Gasteiger partial charge on any atom is -0.361 e. The summed E-state index contributed by atoms with van der Waals surface area (Å²) in [5, 5.41) is 25.5. The number of nitrogens with zero attached hydrogens (tertiary/aromatic N) is 2. The number of benzene rings is 2. The zero-order valence-corrected chi connectivity index (χ0v) is 14.7. The van der Waals surface area contributed by atoms with Crippen LogP contribution in [0.1, 0.15) is 22.1 Å². The lowest BCUT2D eigenvalue weighted by Crippen LogP contribution is -2.38. The lowest BCUT2D eigenvalue weighted by Gasteiger charge is -2.28. The number of anilines is 1. The Balaban J connectivity index is 1.75. The van der Waals surface area contributed by atoms with Gasteiger partial charge in [0.05, 0.1) is 16.1 Å². The molecule has 0 saturated carbocycles. The maximum absolute atomic E-state index is 12.3. The Morgan fingerprint density at radius 1 is 1.12 bits per heavy atom. The fourth-order valence-electron chi connectivity index (χ4n) is 2.75. The van der Waals surface area contributed by atoms with Gasteiger partial charge < -0.3 is 10.6 Å². The minimum atomic E-state index is -0.573. The van der Waals surface area contributed by atoms with E-state index in [1.807, 2.05) is 6.07 Å². The topological polar surface area (TPSA) is 121 Å². The number of nitro groups is 1. The molecule has 3 N–H and O–H groups in total. The van der Waals surface area contributed by atoms with E-state index < -0.39 is 11.1 Å². The third kappa shape index (κ3) is 2.85. The lowest BCUT2D eigenvalue weighted by molar-refractivity contribution is -0.384. The number of para-hydroxylation sites is 1. The van der Waals surface area contributed by atoms with Gasteiger partial charge in [-0.25, -0.2) is 4.98 Å². The number of aromatic nitrogens is 1. The Labute approximate surface area is 154 Å². The molecule has 1 aliphatic heterocycles. The van der Waals surface area contributed by atoms with E-state index in [0.717, 1.165) is 10.3 Å². The molecular weight excluding hydrogens is 374 g/mol. The zero-order valence-electron chi connectivity index (χ0n) is 13.1. The third-order valence-corrected chi connectivity index (χ3v) is 5.93. The van der Waals surface area contributed by atoms with Crippen LogP contribution in [0.3, 0.4) is 0 Å². The number of carbonyl (C=O) groups is 1. The first kappa shape index (κ1) is 16.4. The monoisotopic (exact) mass is 385 g/mol. The summed E-state index contributed by atoms with van der Waals surface area (Å²) in [6.45, 7) is 0. The summed E-state index contributed by atoms with van der Waals surface area (Å²) in [5.74, 6) is -0.239. The quantitative estimate of drug-likeness (QED) is 0.363. The van der Waals surface area contributed by atoms with Gasteiger partial charge in [-0.3, -0.25) is 20.3 Å². The normalized spacial score (nSPS) is 15.7. The summed E-state index contributed by atoms with van der Waals surface area (Å²) >= 11 is 0. The van der Waals surface area contributed by atoms with Gasteiger partial charge in [-0.15, -0.1) is 0 Å². The van der Waals surface area contributed by atoms with Gasteiger partial charge in [-0.05, 0) is 28.5 Å². The van der Waals surface area contributed by atoms with Crippen molar-refractivity contribution in [3.05, 3.63) is 68.5 Å². The highest BCUT2D eigenvalue weighted by Crippen LogP contribution is 2.35. The molecule has 1 aliphatic rings. The molecule has 2 aromatic carbocycles. The van der Waals surface area contributed by atoms with Crippen LogP contribution in [0.2, 0.25) is 0 Å². The number of fused-ring (bicyclic) bond motifs is 1. The van der Waals surface area contributed by atoms with Crippen molar-refractivity contribution >= 4 is 38.0 Å². The first-order valence-corrected chi connectivity index (χ1v) is 9.65. The number of rotatable bonds is 3. The maximum Gasteiger partial charge on any atom is 0.280 e. The standard InChI is InChI=1S/C16H11N5O3S2/c17-16-20-15(25-26-16)10-6-5-8(7-12(10)21(23)24)13-18-11-4-2-1-3-9(11)14(22)19-13/h1-7,13,17-18H,(H,19,22)/t13-/m0/s1. The van der Waals surface area contributed by atoms with Crippen LogP contribution < -0.4 is 15.4 Å². The molecular formula is C16H11N5O3S2. The van der Waals surface area contributed by atoms with Crippen LogP contribution in [0.5, 0.6) is 0 Å². The van der Waals surface area contributed by atoms with Crippen molar-refractivity contribution < 1.29 is 9.72 Å². The summed E-state index contributed by atoms with van der Waals surface area (Å²) in [5.41, 5.74) is 2.02. The van der Waals surface area contributed by atoms with Crippen LogP contribution in [-0.4, -0.2) is 15.8 Å². The first-order valence-electron chi connectivity index (χ1n) is 7.50. The second-order valence-corrected chi connectivity index (χ2v) is 7.63. The van der Waals surface area contributed by atoms with Crippen molar-refractivity contribution in [3.63, 3.8) is 0 Å². The molecule has 0 saturated heterocycles. The van der Waals surface area contributed by atoms with Crippen molar-refractivity contribution in [3.8, 4) is 10.6 Å². The van der Waals surface area contributed by atoms with Gasteiger partial charge in [-0.2, -0.15) is 0 Å². The SMILES string of the molecule is N=c1nc(-c2ccc([C@@H]3NC(=O)c4ccccc4N3)cc2[N+](=O)[O-])ss1. The summed E-state index contributed by atoms with van der Waals surface area (Å²) in [6.07, 6.45) is -0.573. The van der Waals surface area contributed by atoms with Gasteiger partial charge in [0.1, 0.15) is 11.2 Å². The number of hydrogen-bond donors (Lipinski definition) is 3. The number of nitrogens with one attached hydrogen (secondary N) is 3. The number of hydrogen-bond acceptors (Lipinski definition) is 8. The van der Waals surface area contributed by atoms with Crippen molar-refractivity contribution in [1.82, 2.24) is 10.3 Å². The van der Waals surface area contributed by atoms with Gasteiger partial charge in [-0.1, -0.05) is 28.5 Å². The van der Waals surface area contributed by atoms with Crippen molar-refractivity contribution in [2.75, 3.05) is 5.32 Å². The molecule has 0 spiro atoms. The average molecular weight is 385 g/mol. The Kier molecular flexibility index (Phi) is 3.98. The molecule has 10 heteroatoms. The highest BCUT2D eigenvalue weighted by atomic mass is 32.9. The van der Waals surface area contributed by atoms with E-state index in [4.69, 9.17) is 5.41 Å². The number of carbonyl (C=O) groups excluding carboxylic acids is 1. The molecule has 0 unspecified atom stereocenters. The molecule has 3 aromatic rings. The van der Waals surface area contributed by atoms with Crippen LogP contribution in [0, 0.1) is 15.5 Å². The summed E-state index contributed by atoms with van der Waals surface area (Å²) in [6, 6.07) is 11.8. The van der Waals surface area contributed by atoms with Crippen LogP contribution >= 0.6 is 20.7 Å². The zero-order chi connectivity index (χ0) is 18.3. The van der Waals surface area contributed by atoms with E-state index in [-0.39, 0.29) is 16.4 Å². The van der Waals surface area contributed by atoms with E-state index in [0.29, 0.717) is 27.4 Å². The molecule has 1 amide bonds. The molecule has 8 nitrogen and oxygen atoms in total. The van der Waals surface area contributed by atoms with Gasteiger partial charge >= 0.3 is 0 Å². The van der Waals surface area contributed by atoms with Crippen LogP contribution in [0.4, 0.5) is 11.4 Å². The lowest BCUT2D eigenvalue weighted by atomic mass is 10.0. The molecule has 0 fully saturated rings. The molecule has 1 aromatic heterocycles. The largest absolute Gasteiger partial charge is 0.361 e. The second kappa shape index (κ2) is 6.32. The molecule has 26 heavy (non-hydrogen) atoms. The Morgan fingerprint density at radius 2 is 1.92 bits per heavy atom. The van der Waals surface area contributed by atoms with Gasteiger partial charge in [0, 0.05) is 17.3 Å². The van der Waals surface area contributed by atoms with Gasteiger partial charge in [0.25, 0.3) is 11.6 Å². The predicted octanol–water partition coefficient (Wildman–Crippen LogP) is 3.11. The molecule has 2 heterocycles. The van der Waals surface area contributed by atoms with E-state index >= 15 is 0 Å². The van der Waals surface area contributed by atoms with Gasteiger partial charge in [0.2, 0.25) is 4.80 Å². The minimum absolute atomic E-state index is 0.112. The van der Waals surface area contributed by atoms with Crippen LogP contribution in [0.15, 0.2) is 42.5 Å². The van der Waals surface area contributed by atoms with Crippen LogP contribution in [-0.2, 0) is 0 Å². The maximum atomic E-state index is 12.3. The molecule has 1 atom stereocenters. The average Bonchev–Trinajstić information content (AvgIpc) is 3.07. The van der Waals surface area contributed by atoms with Crippen LogP contribution in [0.25, 0.3) is 10.6 Å². The van der Waals surface area contributed by atoms with Crippen molar-refractivity contribution in [2.24, 2.45) is 0 Å². The summed E-state index contributed by atoms with van der Waals surface area (Å²) in [4.78, 5) is 27.5. The molecule has 0 aliphatic carbocycles. The number of amides is 1. The first-order chi connectivity index (χ1) is 12.5. The molecule has 130 valence electrons. The fourth-order valence-corrected chi connectivity index (χ4v) is 4.45. The van der Waals surface area contributed by atoms with Gasteiger partial charge in [0.15, 0.2) is 0 Å². The third-order valence-electron chi connectivity index (χ3n) is 3.93. The van der Waals surface area contributed by atoms with E-state index in [2.05, 4.69) is 15.6 Å². The molecule has 4 rings (SSSR count). The predicted molar refractivity (Wildman–Crippen MR) is 98.2 cm³/mol. The molecule has 0 bridgehead atoms. The highest BCUT2D eigenvalue weighted by Gasteiger charge is 2.27. The summed E-state index contributed by atoms with van der Waals surface area (Å²) in [7, 11) is 2.37. The molecule has 0 radical (unpaired) electrons. The highest BCUT2D eigenvalue weighted by molar-refractivity contribution is 7.69. The Morgan fingerprint density at radius 3 is 2.65 bits per heavy atom. The van der Waals surface area contributed by atoms with E-state index in [9.17, 15) is 14.9 Å².